The molecule has 0 fully saturated rings. The van der Waals surface area contributed by atoms with Crippen LogP contribution in [0.3, 0.4) is 0 Å². The van der Waals surface area contributed by atoms with E-state index in [0.29, 0.717) is 24.5 Å². The Labute approximate surface area is 153 Å². The number of benzene rings is 1. The van der Waals surface area contributed by atoms with E-state index in [4.69, 9.17) is 0 Å². The van der Waals surface area contributed by atoms with E-state index in [0.717, 1.165) is 10.1 Å². The van der Waals surface area contributed by atoms with Crippen LogP contribution in [0.4, 0.5) is 5.13 Å². The van der Waals surface area contributed by atoms with Crippen LogP contribution in [0, 0.1) is 6.92 Å². The number of aromatic nitrogens is 5. The molecule has 0 saturated carbocycles. The van der Waals surface area contributed by atoms with Crippen molar-refractivity contribution in [2.75, 3.05) is 5.32 Å². The number of nitrogens with zero attached hydrogens (tertiary/aromatic N) is 5. The Bertz CT molecular complexity index is 800. The highest BCUT2D eigenvalue weighted by molar-refractivity contribution is 8.00. The minimum Gasteiger partial charge on any atom is -0.301 e. The first-order valence-corrected chi connectivity index (χ1v) is 9.63. The van der Waals surface area contributed by atoms with Gasteiger partial charge in [0.05, 0.1) is 0 Å². The second kappa shape index (κ2) is 8.72. The highest BCUT2D eigenvalue weighted by Crippen LogP contribution is 2.28. The average molecular weight is 374 g/mol. The molecule has 2 aromatic heterocycles. The summed E-state index contributed by atoms with van der Waals surface area (Å²) in [6.45, 7) is 2.74. The molecule has 0 unspecified atom stereocenters. The monoisotopic (exact) mass is 374 g/mol. The molecule has 0 bridgehead atoms. The van der Waals surface area contributed by atoms with Gasteiger partial charge in [-0.15, -0.1) is 10.2 Å². The molecule has 0 aliphatic rings. The van der Waals surface area contributed by atoms with Crippen molar-refractivity contribution in [2.24, 2.45) is 0 Å². The Morgan fingerprint density at radius 2 is 2.12 bits per heavy atom. The summed E-state index contributed by atoms with van der Waals surface area (Å²) in [6.07, 6.45) is 4.23. The molecule has 0 aliphatic heterocycles. The molecule has 0 saturated heterocycles. The molecule has 1 amide bonds. The molecule has 0 radical (unpaired) electrons. The third kappa shape index (κ3) is 5.64. The predicted molar refractivity (Wildman–Crippen MR) is 98.5 cm³/mol. The van der Waals surface area contributed by atoms with Crippen LogP contribution in [0.2, 0.25) is 0 Å². The highest BCUT2D eigenvalue weighted by atomic mass is 32.2. The first kappa shape index (κ1) is 17.6. The minimum absolute atomic E-state index is 0.0636. The second-order valence-electron chi connectivity index (χ2n) is 5.46. The van der Waals surface area contributed by atoms with Crippen molar-refractivity contribution < 1.29 is 4.79 Å². The number of hydrogen-bond acceptors (Lipinski definition) is 7. The van der Waals surface area contributed by atoms with Crippen molar-refractivity contribution >= 4 is 34.1 Å². The Kier molecular flexibility index (Phi) is 6.13. The number of anilines is 1. The van der Waals surface area contributed by atoms with Crippen LogP contribution in [0.5, 0.6) is 0 Å². The summed E-state index contributed by atoms with van der Waals surface area (Å²) in [5, 5.41) is 15.5. The van der Waals surface area contributed by atoms with Gasteiger partial charge in [0.1, 0.15) is 12.7 Å². The van der Waals surface area contributed by atoms with Crippen LogP contribution in [-0.4, -0.2) is 30.9 Å². The number of hydrogen-bond donors (Lipinski definition) is 1. The van der Waals surface area contributed by atoms with Gasteiger partial charge in [0, 0.05) is 18.7 Å². The molecule has 9 heteroatoms. The second-order valence-corrected chi connectivity index (χ2v) is 7.66. The maximum atomic E-state index is 11.9. The third-order valence-electron chi connectivity index (χ3n) is 3.39. The summed E-state index contributed by atoms with van der Waals surface area (Å²) in [6, 6.07) is 8.42. The van der Waals surface area contributed by atoms with Gasteiger partial charge in [0.15, 0.2) is 4.34 Å². The zero-order valence-corrected chi connectivity index (χ0v) is 15.4. The number of nitrogens with one attached hydrogen (secondary N) is 1. The van der Waals surface area contributed by atoms with Gasteiger partial charge in [-0.25, -0.2) is 4.98 Å². The molecule has 1 N–H and O–H groups in total. The molecule has 3 rings (SSSR count). The lowest BCUT2D eigenvalue weighted by molar-refractivity contribution is -0.116. The average Bonchev–Trinajstić information content (AvgIpc) is 3.26. The lowest BCUT2D eigenvalue weighted by atomic mass is 10.2. The number of thioether (sulfide) groups is 1. The molecular weight excluding hydrogens is 356 g/mol. The first-order chi connectivity index (χ1) is 12.2. The fourth-order valence-electron chi connectivity index (χ4n) is 2.08. The fourth-order valence-corrected chi connectivity index (χ4v) is 3.80. The summed E-state index contributed by atoms with van der Waals surface area (Å²) in [7, 11) is 0. The first-order valence-electron chi connectivity index (χ1n) is 7.83. The number of amides is 1. The predicted octanol–water partition coefficient (Wildman–Crippen LogP) is 3.15. The van der Waals surface area contributed by atoms with Crippen LogP contribution in [0.25, 0.3) is 0 Å². The van der Waals surface area contributed by atoms with Gasteiger partial charge in [-0.05, 0) is 18.9 Å². The normalized spacial score (nSPS) is 10.8. The lowest BCUT2D eigenvalue weighted by Gasteiger charge is -2.01. The van der Waals surface area contributed by atoms with Crippen molar-refractivity contribution in [2.45, 2.75) is 36.4 Å². The third-order valence-corrected chi connectivity index (χ3v) is 5.44. The highest BCUT2D eigenvalue weighted by Gasteiger charge is 2.09. The van der Waals surface area contributed by atoms with Crippen LogP contribution in [0.1, 0.15) is 24.0 Å². The maximum Gasteiger partial charge on any atom is 0.226 e. The van der Waals surface area contributed by atoms with Gasteiger partial charge < -0.3 is 5.32 Å². The van der Waals surface area contributed by atoms with Gasteiger partial charge >= 0.3 is 0 Å². The molecule has 25 heavy (non-hydrogen) atoms. The van der Waals surface area contributed by atoms with Gasteiger partial charge in [-0.2, -0.15) is 5.10 Å². The van der Waals surface area contributed by atoms with Crippen LogP contribution < -0.4 is 5.32 Å². The Morgan fingerprint density at radius 1 is 1.28 bits per heavy atom. The van der Waals surface area contributed by atoms with Crippen LogP contribution >= 0.6 is 23.1 Å². The quantitative estimate of drug-likeness (QED) is 0.481. The maximum absolute atomic E-state index is 11.9. The Hall–Kier alpha value is -2.26. The molecule has 1 aromatic carbocycles. The zero-order valence-electron chi connectivity index (χ0n) is 13.8. The molecule has 7 nitrogen and oxygen atoms in total. The summed E-state index contributed by atoms with van der Waals surface area (Å²) >= 11 is 3.01. The van der Waals surface area contributed by atoms with Gasteiger partial charge in [0.2, 0.25) is 11.0 Å². The molecule has 0 atom stereocenters. The number of rotatable bonds is 8. The number of carbonyl (C=O) groups is 1. The van der Waals surface area contributed by atoms with Gasteiger partial charge in [-0.1, -0.05) is 52.9 Å². The molecular formula is C16H18N6OS2. The van der Waals surface area contributed by atoms with E-state index in [9.17, 15) is 4.79 Å². The van der Waals surface area contributed by atoms with Crippen LogP contribution in [-0.2, 0) is 17.1 Å². The molecule has 0 spiro atoms. The largest absolute Gasteiger partial charge is 0.301 e. The van der Waals surface area contributed by atoms with Crippen molar-refractivity contribution in [3.05, 3.63) is 48.0 Å². The van der Waals surface area contributed by atoms with Crippen molar-refractivity contribution in [3.8, 4) is 0 Å². The fraction of sp³-hybridized carbons (Fsp3) is 0.312. The van der Waals surface area contributed by atoms with Gasteiger partial charge in [-0.3, -0.25) is 9.48 Å². The standard InChI is InChI=1S/C16H18N6OS2/c1-12-4-6-13(7-5-12)9-24-16-21-20-15(25-16)19-14(23)3-2-8-22-11-17-10-18-22/h4-7,10-11H,2-3,8-9H2,1H3,(H,19,20,23). The molecule has 2 heterocycles. The summed E-state index contributed by atoms with van der Waals surface area (Å²) in [4.78, 5) is 15.8. The molecule has 130 valence electrons. The minimum atomic E-state index is -0.0636. The van der Waals surface area contributed by atoms with Gasteiger partial charge in [0.25, 0.3) is 0 Å². The Balaban J connectivity index is 1.41. The SMILES string of the molecule is Cc1ccc(CSc2nnc(NC(=O)CCCn3cncn3)s2)cc1. The van der Waals surface area contributed by atoms with Crippen molar-refractivity contribution in [1.29, 1.82) is 0 Å². The van der Waals surface area contributed by atoms with E-state index in [1.54, 1.807) is 22.8 Å². The summed E-state index contributed by atoms with van der Waals surface area (Å²) in [5.41, 5.74) is 2.49. The van der Waals surface area contributed by atoms with Crippen molar-refractivity contribution in [1.82, 2.24) is 25.0 Å². The summed E-state index contributed by atoms with van der Waals surface area (Å²) < 4.78 is 2.55. The van der Waals surface area contributed by atoms with E-state index in [2.05, 4.69) is 56.8 Å². The van der Waals surface area contributed by atoms with E-state index in [1.807, 2.05) is 0 Å². The Morgan fingerprint density at radius 3 is 2.88 bits per heavy atom. The smallest absolute Gasteiger partial charge is 0.226 e. The van der Waals surface area contributed by atoms with E-state index in [1.165, 1.54) is 28.8 Å². The number of carbonyl (C=O) groups excluding carboxylic acids is 1. The van der Waals surface area contributed by atoms with E-state index >= 15 is 0 Å². The van der Waals surface area contributed by atoms with E-state index in [-0.39, 0.29) is 5.91 Å². The molecule has 3 aromatic rings. The van der Waals surface area contributed by atoms with Crippen molar-refractivity contribution in [3.63, 3.8) is 0 Å². The summed E-state index contributed by atoms with van der Waals surface area (Å²) in [5.74, 6) is 0.771. The van der Waals surface area contributed by atoms with E-state index < -0.39 is 0 Å². The number of aryl methyl sites for hydroxylation is 2. The lowest BCUT2D eigenvalue weighted by Crippen LogP contribution is -2.12. The van der Waals surface area contributed by atoms with Crippen LogP contribution in [0.15, 0.2) is 41.3 Å². The topological polar surface area (TPSA) is 85.6 Å². The zero-order chi connectivity index (χ0) is 17.5. The molecule has 0 aliphatic carbocycles.